The van der Waals surface area contributed by atoms with Gasteiger partial charge in [-0.3, -0.25) is 9.59 Å². The highest BCUT2D eigenvalue weighted by atomic mass is 35.5. The number of amides is 2. The molecule has 184 valence electrons. The normalized spacial score (nSPS) is 13.3. The molecule has 6 nitrogen and oxygen atoms in total. The van der Waals surface area contributed by atoms with E-state index in [0.29, 0.717) is 11.8 Å². The van der Waals surface area contributed by atoms with Crippen molar-refractivity contribution in [1.82, 2.24) is 5.06 Å². The number of aryl methyl sites for hydroxylation is 1. The first-order valence-electron chi connectivity index (χ1n) is 10.5. The predicted octanol–water partition coefficient (Wildman–Crippen LogP) is 6.22. The van der Waals surface area contributed by atoms with E-state index >= 15 is 0 Å². The molecule has 1 aliphatic rings. The first-order valence-corrected chi connectivity index (χ1v) is 12.4. The number of carbonyl (C=O) groups is 2. The summed E-state index contributed by atoms with van der Waals surface area (Å²) in [6, 6.07) is 7.70. The molecule has 0 saturated heterocycles. The summed E-state index contributed by atoms with van der Waals surface area (Å²) in [5.74, 6) is -1.73. The standard InChI is InChI=1S/C17H14F3NO5S.C3H7Cl.C2H6/c1-2-3-5-10-8-11-6-4-7-12-14(11)13(9-10)16(23)21(15(12)22)26-27(24,25)17(18,19)20;1-2-3-4;1-2/h4,6-9H,2-3,5H2,1H3;2-3H2,1H3;1-2H3. The van der Waals surface area contributed by atoms with Gasteiger partial charge in [0.15, 0.2) is 0 Å². The summed E-state index contributed by atoms with van der Waals surface area (Å²) in [6.45, 7) is 8.03. The second-order valence-corrected chi connectivity index (χ2v) is 8.62. The van der Waals surface area contributed by atoms with Crippen LogP contribution in [0.5, 0.6) is 0 Å². The van der Waals surface area contributed by atoms with Crippen LogP contribution >= 0.6 is 11.6 Å². The average Bonchev–Trinajstić information content (AvgIpc) is 2.79. The minimum atomic E-state index is -6.17. The molecule has 0 unspecified atom stereocenters. The first-order chi connectivity index (χ1) is 15.5. The summed E-state index contributed by atoms with van der Waals surface area (Å²) >= 11 is 5.19. The molecule has 1 heterocycles. The van der Waals surface area contributed by atoms with E-state index in [4.69, 9.17) is 11.6 Å². The van der Waals surface area contributed by atoms with Gasteiger partial charge in [0.1, 0.15) is 0 Å². The van der Waals surface area contributed by atoms with E-state index in [1.165, 1.54) is 18.2 Å². The molecule has 0 spiro atoms. The van der Waals surface area contributed by atoms with Crippen molar-refractivity contribution in [2.24, 2.45) is 0 Å². The maximum atomic E-state index is 12.6. The fraction of sp³-hybridized carbons (Fsp3) is 0.455. The number of unbranched alkanes of at least 4 members (excludes halogenated alkanes) is 1. The Labute approximate surface area is 196 Å². The number of hydrogen-bond acceptors (Lipinski definition) is 5. The fourth-order valence-electron chi connectivity index (χ4n) is 2.88. The van der Waals surface area contributed by atoms with Gasteiger partial charge in [-0.25, -0.2) is 0 Å². The number of hydrogen-bond donors (Lipinski definition) is 0. The summed E-state index contributed by atoms with van der Waals surface area (Å²) in [5.41, 5.74) is -5.21. The number of halogens is 4. The van der Waals surface area contributed by atoms with Crippen molar-refractivity contribution in [3.8, 4) is 0 Å². The number of alkyl halides is 4. The maximum absolute atomic E-state index is 12.6. The Morgan fingerprint density at radius 3 is 2.09 bits per heavy atom. The van der Waals surface area contributed by atoms with Crippen LogP contribution in [-0.4, -0.2) is 36.7 Å². The topological polar surface area (TPSA) is 80.8 Å². The zero-order valence-corrected chi connectivity index (χ0v) is 20.4. The Kier molecular flexibility index (Phi) is 10.8. The van der Waals surface area contributed by atoms with Crippen molar-refractivity contribution in [3.05, 3.63) is 47.0 Å². The second kappa shape index (κ2) is 12.3. The average molecular weight is 510 g/mol. The zero-order valence-electron chi connectivity index (χ0n) is 18.8. The van der Waals surface area contributed by atoms with Gasteiger partial charge in [0.05, 0.1) is 11.1 Å². The van der Waals surface area contributed by atoms with Crippen LogP contribution in [-0.2, 0) is 20.8 Å². The first kappa shape index (κ1) is 28.9. The van der Waals surface area contributed by atoms with Crippen LogP contribution in [0.1, 0.15) is 73.2 Å². The Balaban J connectivity index is 0.000000820. The molecule has 0 atom stereocenters. The molecule has 0 radical (unpaired) electrons. The lowest BCUT2D eigenvalue weighted by Crippen LogP contribution is -2.44. The largest absolute Gasteiger partial charge is 0.525 e. The molecule has 33 heavy (non-hydrogen) atoms. The number of hydroxylamine groups is 2. The van der Waals surface area contributed by atoms with Gasteiger partial charge in [-0.2, -0.15) is 21.6 Å². The van der Waals surface area contributed by atoms with E-state index in [2.05, 4.69) is 4.28 Å². The molecule has 0 fully saturated rings. The molecular formula is C22H27ClF3NO5S. The Morgan fingerprint density at radius 2 is 1.58 bits per heavy atom. The molecular weight excluding hydrogens is 483 g/mol. The van der Waals surface area contributed by atoms with Crippen LogP contribution in [0.2, 0.25) is 0 Å². The molecule has 0 aliphatic carbocycles. The zero-order chi connectivity index (χ0) is 25.4. The van der Waals surface area contributed by atoms with Gasteiger partial charge in [-0.15, -0.1) is 20.9 Å². The van der Waals surface area contributed by atoms with Crippen LogP contribution in [0, 0.1) is 0 Å². The van der Waals surface area contributed by atoms with Gasteiger partial charge in [0.25, 0.3) is 11.8 Å². The molecule has 1 aliphatic heterocycles. The van der Waals surface area contributed by atoms with Gasteiger partial charge < -0.3 is 0 Å². The van der Waals surface area contributed by atoms with E-state index in [9.17, 15) is 31.2 Å². The lowest BCUT2D eigenvalue weighted by Gasteiger charge is -2.26. The van der Waals surface area contributed by atoms with Gasteiger partial charge in [-0.05, 0) is 42.3 Å². The van der Waals surface area contributed by atoms with Gasteiger partial charge in [0, 0.05) is 11.3 Å². The summed E-state index contributed by atoms with van der Waals surface area (Å²) in [4.78, 5) is 25.0. The number of nitrogens with zero attached hydrogens (tertiary/aromatic N) is 1. The summed E-state index contributed by atoms with van der Waals surface area (Å²) < 4.78 is 64.2. The smallest absolute Gasteiger partial charge is 0.266 e. The van der Waals surface area contributed by atoms with Crippen LogP contribution in [0.4, 0.5) is 13.2 Å². The summed E-state index contributed by atoms with van der Waals surface area (Å²) in [5, 5.41) is 0.483. The molecule has 3 rings (SSSR count). The van der Waals surface area contributed by atoms with E-state index in [0.717, 1.165) is 30.7 Å². The van der Waals surface area contributed by atoms with Crippen molar-refractivity contribution in [3.63, 3.8) is 0 Å². The third-order valence-electron chi connectivity index (χ3n) is 4.33. The second-order valence-electron chi connectivity index (χ2n) is 6.72. The molecule has 0 bridgehead atoms. The minimum Gasteiger partial charge on any atom is -0.266 e. The third-order valence-corrected chi connectivity index (χ3v) is 5.62. The van der Waals surface area contributed by atoms with Crippen LogP contribution in [0.15, 0.2) is 30.3 Å². The number of benzene rings is 2. The molecule has 2 aromatic carbocycles. The lowest BCUT2D eigenvalue weighted by atomic mass is 9.92. The maximum Gasteiger partial charge on any atom is 0.525 e. The quantitative estimate of drug-likeness (QED) is 0.262. The highest BCUT2D eigenvalue weighted by Crippen LogP contribution is 2.34. The van der Waals surface area contributed by atoms with Crippen molar-refractivity contribution in [2.45, 2.75) is 58.9 Å². The van der Waals surface area contributed by atoms with Gasteiger partial charge in [0.2, 0.25) is 0 Å². The van der Waals surface area contributed by atoms with E-state index in [1.807, 2.05) is 27.7 Å². The van der Waals surface area contributed by atoms with Crippen molar-refractivity contribution < 1.29 is 35.5 Å². The van der Waals surface area contributed by atoms with Gasteiger partial charge in [-0.1, -0.05) is 52.3 Å². The highest BCUT2D eigenvalue weighted by Gasteiger charge is 2.51. The predicted molar refractivity (Wildman–Crippen MR) is 121 cm³/mol. The third kappa shape index (κ3) is 6.68. The van der Waals surface area contributed by atoms with Crippen LogP contribution in [0.25, 0.3) is 10.8 Å². The Bertz CT molecular complexity index is 1090. The fourth-order valence-corrected chi connectivity index (χ4v) is 3.30. The molecule has 11 heteroatoms. The highest BCUT2D eigenvalue weighted by molar-refractivity contribution is 7.87. The molecule has 2 amide bonds. The SMILES string of the molecule is CC.CCCCc1cc2c3c(cccc3c1)C(=O)N(OS(=O)(=O)C(F)(F)F)C2=O.CCCCl. The Morgan fingerprint density at radius 1 is 1.00 bits per heavy atom. The molecule has 0 N–H and O–H groups in total. The van der Waals surface area contributed by atoms with Crippen LogP contribution < -0.4 is 0 Å². The monoisotopic (exact) mass is 509 g/mol. The molecule has 2 aromatic rings. The number of carbonyl (C=O) groups excluding carboxylic acids is 2. The van der Waals surface area contributed by atoms with Crippen molar-refractivity contribution >= 4 is 44.3 Å². The number of rotatable bonds is 6. The summed E-state index contributed by atoms with van der Waals surface area (Å²) in [6.07, 6.45) is 3.41. The van der Waals surface area contributed by atoms with Crippen molar-refractivity contribution in [1.29, 1.82) is 0 Å². The van der Waals surface area contributed by atoms with Crippen LogP contribution in [0.3, 0.4) is 0 Å². The number of imide groups is 1. The minimum absolute atomic E-state index is 0.0776. The van der Waals surface area contributed by atoms with E-state index < -0.39 is 27.4 Å². The van der Waals surface area contributed by atoms with Gasteiger partial charge >= 0.3 is 15.6 Å². The van der Waals surface area contributed by atoms with E-state index in [-0.39, 0.29) is 21.6 Å². The molecule has 0 aromatic heterocycles. The molecule has 0 saturated carbocycles. The lowest BCUT2D eigenvalue weighted by molar-refractivity contribution is -0.0761. The summed E-state index contributed by atoms with van der Waals surface area (Å²) in [7, 11) is -6.17. The van der Waals surface area contributed by atoms with Crippen molar-refractivity contribution in [2.75, 3.05) is 5.88 Å². The Hall–Kier alpha value is -2.17. The van der Waals surface area contributed by atoms with E-state index in [1.54, 1.807) is 12.1 Å².